The van der Waals surface area contributed by atoms with Crippen molar-refractivity contribution in [3.05, 3.63) is 89.2 Å². The van der Waals surface area contributed by atoms with Crippen LogP contribution in [0.2, 0.25) is 0 Å². The molecule has 1 heterocycles. The highest BCUT2D eigenvalue weighted by Gasteiger charge is 2.18. The van der Waals surface area contributed by atoms with Gasteiger partial charge in [0.05, 0.1) is 6.20 Å². The van der Waals surface area contributed by atoms with E-state index in [4.69, 9.17) is 4.18 Å². The van der Waals surface area contributed by atoms with Crippen molar-refractivity contribution in [2.45, 2.75) is 57.3 Å². The Kier molecular flexibility index (Phi) is 7.46. The minimum atomic E-state index is -3.92. The first-order valence-corrected chi connectivity index (χ1v) is 12.1. The van der Waals surface area contributed by atoms with E-state index in [2.05, 4.69) is 31.0 Å². The zero-order valence-corrected chi connectivity index (χ0v) is 19.7. The first-order valence-electron chi connectivity index (χ1n) is 10.7. The molecule has 168 valence electrons. The number of Topliss-reactive ketones (excluding diaryl/α,β-unsaturated/α-hetero) is 1. The third kappa shape index (κ3) is 6.26. The average molecular weight is 452 g/mol. The number of aryl methyl sites for hydroxylation is 1. The summed E-state index contributed by atoms with van der Waals surface area (Å²) in [4.78, 5) is 16.9. The summed E-state index contributed by atoms with van der Waals surface area (Å²) in [6.07, 6.45) is 2.13. The lowest BCUT2D eigenvalue weighted by atomic mass is 9.95. The SMILES string of the molecule is Cc1ccc(S(=O)(=O)Oc2ccc([C@@H](C)CC(=O)Cc3ccc(C(C)C)cc3)nc2)cc1. The van der Waals surface area contributed by atoms with Crippen LogP contribution in [0.25, 0.3) is 0 Å². The van der Waals surface area contributed by atoms with Gasteiger partial charge in [-0.05, 0) is 48.2 Å². The normalized spacial score (nSPS) is 12.5. The average Bonchev–Trinajstić information content (AvgIpc) is 2.74. The Hall–Kier alpha value is -2.99. The van der Waals surface area contributed by atoms with Gasteiger partial charge in [0.25, 0.3) is 0 Å². The minimum Gasteiger partial charge on any atom is -0.377 e. The van der Waals surface area contributed by atoms with Crippen molar-refractivity contribution in [2.75, 3.05) is 0 Å². The maximum Gasteiger partial charge on any atom is 0.339 e. The van der Waals surface area contributed by atoms with Crippen LogP contribution >= 0.6 is 0 Å². The third-order valence-corrected chi connectivity index (χ3v) is 6.62. The third-order valence-electron chi connectivity index (χ3n) is 5.36. The van der Waals surface area contributed by atoms with E-state index in [-0.39, 0.29) is 22.3 Å². The van der Waals surface area contributed by atoms with Gasteiger partial charge in [-0.2, -0.15) is 8.42 Å². The number of benzene rings is 2. The Balaban J connectivity index is 1.59. The number of aromatic nitrogens is 1. The summed E-state index contributed by atoms with van der Waals surface area (Å²) < 4.78 is 30.0. The summed E-state index contributed by atoms with van der Waals surface area (Å²) >= 11 is 0. The fraction of sp³-hybridized carbons (Fsp3) is 0.308. The van der Waals surface area contributed by atoms with Gasteiger partial charge in [0, 0.05) is 24.5 Å². The lowest BCUT2D eigenvalue weighted by Gasteiger charge is -2.12. The Bertz CT molecular complexity index is 1150. The molecule has 5 nitrogen and oxygen atoms in total. The van der Waals surface area contributed by atoms with Crippen LogP contribution in [0.5, 0.6) is 5.75 Å². The van der Waals surface area contributed by atoms with E-state index in [0.29, 0.717) is 24.5 Å². The molecule has 6 heteroatoms. The van der Waals surface area contributed by atoms with E-state index in [0.717, 1.165) is 11.1 Å². The summed E-state index contributed by atoms with van der Waals surface area (Å²) in [5.74, 6) is 0.654. The highest BCUT2D eigenvalue weighted by Crippen LogP contribution is 2.23. The smallest absolute Gasteiger partial charge is 0.339 e. The van der Waals surface area contributed by atoms with Crippen molar-refractivity contribution in [2.24, 2.45) is 0 Å². The molecule has 0 saturated carbocycles. The Labute approximate surface area is 190 Å². The van der Waals surface area contributed by atoms with E-state index in [1.165, 1.54) is 23.9 Å². The van der Waals surface area contributed by atoms with Gasteiger partial charge in [0.1, 0.15) is 10.7 Å². The molecule has 1 aromatic heterocycles. The van der Waals surface area contributed by atoms with Crippen molar-refractivity contribution in [1.29, 1.82) is 0 Å². The van der Waals surface area contributed by atoms with Gasteiger partial charge in [-0.15, -0.1) is 0 Å². The predicted molar refractivity (Wildman–Crippen MR) is 126 cm³/mol. The topological polar surface area (TPSA) is 73.3 Å². The van der Waals surface area contributed by atoms with Crippen LogP contribution in [0.15, 0.2) is 71.8 Å². The predicted octanol–water partition coefficient (Wildman–Crippen LogP) is 5.59. The van der Waals surface area contributed by atoms with E-state index < -0.39 is 10.1 Å². The van der Waals surface area contributed by atoms with Gasteiger partial charge in [0.15, 0.2) is 5.75 Å². The Morgan fingerprint density at radius 3 is 2.16 bits per heavy atom. The molecule has 3 rings (SSSR count). The molecule has 0 aliphatic heterocycles. The monoisotopic (exact) mass is 451 g/mol. The van der Waals surface area contributed by atoms with Crippen LogP contribution in [-0.2, 0) is 21.3 Å². The molecular formula is C26H29NO4S. The van der Waals surface area contributed by atoms with Gasteiger partial charge in [-0.1, -0.05) is 62.7 Å². The second-order valence-electron chi connectivity index (χ2n) is 8.49. The van der Waals surface area contributed by atoms with Crippen LogP contribution < -0.4 is 4.18 Å². The molecule has 0 saturated heterocycles. The summed E-state index contributed by atoms with van der Waals surface area (Å²) in [6, 6.07) is 17.9. The quantitative estimate of drug-likeness (QED) is 0.397. The van der Waals surface area contributed by atoms with Gasteiger partial charge >= 0.3 is 10.1 Å². The molecule has 0 unspecified atom stereocenters. The van der Waals surface area contributed by atoms with Gasteiger partial charge < -0.3 is 4.18 Å². The number of hydrogen-bond donors (Lipinski definition) is 0. The maximum absolute atomic E-state index is 12.5. The van der Waals surface area contributed by atoms with Crippen molar-refractivity contribution in [3.8, 4) is 5.75 Å². The van der Waals surface area contributed by atoms with Crippen LogP contribution in [0.4, 0.5) is 0 Å². The molecule has 0 spiro atoms. The first kappa shape index (κ1) is 23.7. The van der Waals surface area contributed by atoms with E-state index in [1.54, 1.807) is 24.3 Å². The minimum absolute atomic E-state index is 0.0832. The zero-order chi connectivity index (χ0) is 23.3. The molecule has 0 aliphatic carbocycles. The Morgan fingerprint density at radius 1 is 0.938 bits per heavy atom. The number of hydrogen-bond acceptors (Lipinski definition) is 5. The van der Waals surface area contributed by atoms with Crippen molar-refractivity contribution in [1.82, 2.24) is 4.98 Å². The highest BCUT2D eigenvalue weighted by molar-refractivity contribution is 7.87. The molecule has 0 N–H and O–H groups in total. The zero-order valence-electron chi connectivity index (χ0n) is 18.9. The molecule has 1 atom stereocenters. The molecule has 3 aromatic rings. The maximum atomic E-state index is 12.5. The number of carbonyl (C=O) groups excluding carboxylic acids is 1. The largest absolute Gasteiger partial charge is 0.377 e. The first-order chi connectivity index (χ1) is 15.1. The van der Waals surface area contributed by atoms with Crippen LogP contribution in [0.1, 0.15) is 61.4 Å². The highest BCUT2D eigenvalue weighted by atomic mass is 32.2. The molecule has 32 heavy (non-hydrogen) atoms. The van der Waals surface area contributed by atoms with E-state index >= 15 is 0 Å². The van der Waals surface area contributed by atoms with Crippen LogP contribution in [0.3, 0.4) is 0 Å². The molecule has 0 fully saturated rings. The van der Waals surface area contributed by atoms with Gasteiger partial charge in [0.2, 0.25) is 0 Å². The van der Waals surface area contributed by atoms with Crippen LogP contribution in [-0.4, -0.2) is 19.2 Å². The lowest BCUT2D eigenvalue weighted by Crippen LogP contribution is -2.11. The van der Waals surface area contributed by atoms with E-state index in [9.17, 15) is 13.2 Å². The van der Waals surface area contributed by atoms with Gasteiger partial charge in [-0.25, -0.2) is 0 Å². The fourth-order valence-electron chi connectivity index (χ4n) is 3.38. The van der Waals surface area contributed by atoms with Crippen LogP contribution in [0, 0.1) is 6.92 Å². The number of rotatable bonds is 9. The Morgan fingerprint density at radius 2 is 1.59 bits per heavy atom. The molecular weight excluding hydrogens is 422 g/mol. The lowest BCUT2D eigenvalue weighted by molar-refractivity contribution is -0.118. The summed E-state index contributed by atoms with van der Waals surface area (Å²) in [5.41, 5.74) is 3.94. The molecule has 0 bridgehead atoms. The summed E-state index contributed by atoms with van der Waals surface area (Å²) in [7, 11) is -3.92. The number of pyridine rings is 1. The second-order valence-corrected chi connectivity index (χ2v) is 10.0. The summed E-state index contributed by atoms with van der Waals surface area (Å²) in [6.45, 7) is 8.10. The fourth-order valence-corrected chi connectivity index (χ4v) is 4.30. The number of ketones is 1. The standard InChI is InChI=1S/C26H29NO4S/c1-18(2)22-9-7-21(8-10-22)16-23(28)15-20(4)26-14-11-24(17-27-26)31-32(29,30)25-12-5-19(3)6-13-25/h5-14,17-18,20H,15-16H2,1-4H3/t20-/m0/s1. The number of carbonyl (C=O) groups is 1. The number of nitrogens with zero attached hydrogens (tertiary/aromatic N) is 1. The molecule has 0 aliphatic rings. The molecule has 0 amide bonds. The van der Waals surface area contributed by atoms with Crippen molar-refractivity contribution in [3.63, 3.8) is 0 Å². The molecule has 0 radical (unpaired) electrons. The van der Waals surface area contributed by atoms with Crippen molar-refractivity contribution < 1.29 is 17.4 Å². The van der Waals surface area contributed by atoms with Crippen molar-refractivity contribution >= 4 is 15.9 Å². The second kappa shape index (κ2) is 10.1. The summed E-state index contributed by atoms with van der Waals surface area (Å²) in [5, 5.41) is 0. The van der Waals surface area contributed by atoms with E-state index in [1.807, 2.05) is 26.0 Å². The van der Waals surface area contributed by atoms with Gasteiger partial charge in [-0.3, -0.25) is 9.78 Å². The molecule has 2 aromatic carbocycles.